The monoisotopic (exact) mass is 568 g/mol. The molecular weight excluding hydrogens is 516 g/mol. The molecule has 43 heavy (non-hydrogen) atoms. The molecule has 1 aliphatic carbocycles. The summed E-state index contributed by atoms with van der Waals surface area (Å²) in [4.78, 5) is 0. The number of allylic oxidation sites excluding steroid dienone is 4. The topological polar surface area (TPSA) is 0 Å². The first-order valence-corrected chi connectivity index (χ1v) is 15.9. The van der Waals surface area contributed by atoms with Gasteiger partial charge in [0.25, 0.3) is 0 Å². The highest BCUT2D eigenvalue weighted by atomic mass is 14.2. The lowest BCUT2D eigenvalue weighted by Gasteiger charge is -2.17. The van der Waals surface area contributed by atoms with Gasteiger partial charge >= 0.3 is 0 Å². The Morgan fingerprint density at radius 1 is 0.535 bits per heavy atom. The van der Waals surface area contributed by atoms with E-state index in [9.17, 15) is 0 Å². The van der Waals surface area contributed by atoms with Gasteiger partial charge in [0.15, 0.2) is 0 Å². The maximum atomic E-state index is 2.38. The smallest absolute Gasteiger partial charge is 0.0155 e. The molecule has 0 fully saturated rings. The molecule has 0 nitrogen and oxygen atoms in total. The maximum absolute atomic E-state index is 2.38. The van der Waals surface area contributed by atoms with E-state index in [2.05, 4.69) is 149 Å². The van der Waals surface area contributed by atoms with Crippen molar-refractivity contribution in [1.82, 2.24) is 0 Å². The number of hydrogen-bond donors (Lipinski definition) is 0. The Morgan fingerprint density at radius 2 is 1.07 bits per heavy atom. The van der Waals surface area contributed by atoms with Gasteiger partial charge in [-0.15, -0.1) is 0 Å². The Hall–Kier alpha value is -4.16. The van der Waals surface area contributed by atoms with Crippen molar-refractivity contribution in [3.8, 4) is 0 Å². The van der Waals surface area contributed by atoms with Crippen molar-refractivity contribution >= 4 is 16.3 Å². The van der Waals surface area contributed by atoms with Gasteiger partial charge in [-0.05, 0) is 79.5 Å². The van der Waals surface area contributed by atoms with Gasteiger partial charge in [0.1, 0.15) is 0 Å². The van der Waals surface area contributed by atoms with Gasteiger partial charge in [-0.1, -0.05) is 184 Å². The normalized spacial score (nSPS) is 12.9. The highest BCUT2D eigenvalue weighted by Crippen LogP contribution is 2.26. The Bertz CT molecular complexity index is 1500. The van der Waals surface area contributed by atoms with Gasteiger partial charge in [0.05, 0.1) is 0 Å². The molecule has 0 spiro atoms. The molecule has 0 saturated carbocycles. The summed E-state index contributed by atoms with van der Waals surface area (Å²) in [6.45, 7) is 16.5. The van der Waals surface area contributed by atoms with Gasteiger partial charge in [-0.3, -0.25) is 0 Å². The molecule has 0 amide bonds. The molecule has 0 saturated heterocycles. The number of hydrogen-bond acceptors (Lipinski definition) is 0. The van der Waals surface area contributed by atoms with Gasteiger partial charge in [-0.2, -0.15) is 0 Å². The van der Waals surface area contributed by atoms with Crippen molar-refractivity contribution in [2.24, 2.45) is 5.92 Å². The van der Waals surface area contributed by atoms with Crippen molar-refractivity contribution < 1.29 is 0 Å². The highest BCUT2D eigenvalue weighted by Gasteiger charge is 2.10. The fourth-order valence-electron chi connectivity index (χ4n) is 4.72. The molecule has 0 aromatic heterocycles. The van der Waals surface area contributed by atoms with Crippen molar-refractivity contribution in [3.63, 3.8) is 0 Å². The van der Waals surface area contributed by atoms with E-state index in [4.69, 9.17) is 0 Å². The first-order chi connectivity index (χ1) is 21.0. The minimum atomic E-state index is 0.627. The van der Waals surface area contributed by atoms with Crippen molar-refractivity contribution in [2.75, 3.05) is 0 Å². The largest absolute Gasteiger partial charge is 0.0802 e. The fraction of sp³-hybridized carbons (Fsp3) is 0.256. The molecule has 5 aromatic carbocycles. The van der Waals surface area contributed by atoms with Crippen LogP contribution in [0, 0.1) is 33.6 Å². The average Bonchev–Trinajstić information content (AvgIpc) is 3.06. The molecule has 0 aliphatic heterocycles. The van der Waals surface area contributed by atoms with Gasteiger partial charge in [0, 0.05) is 0 Å². The lowest BCUT2D eigenvalue weighted by Crippen LogP contribution is -2.03. The molecular formula is C43H52. The second kappa shape index (κ2) is 19.9. The lowest BCUT2D eigenvalue weighted by molar-refractivity contribution is 0.655. The van der Waals surface area contributed by atoms with Gasteiger partial charge in [0.2, 0.25) is 0 Å². The summed E-state index contributed by atoms with van der Waals surface area (Å²) in [5.74, 6) is 0.627. The fourth-order valence-corrected chi connectivity index (χ4v) is 4.72. The van der Waals surface area contributed by atoms with Crippen molar-refractivity contribution in [3.05, 3.63) is 173 Å². The molecule has 6 rings (SSSR count). The average molecular weight is 569 g/mol. The number of benzene rings is 5. The molecule has 224 valence electrons. The Balaban J connectivity index is 0.000000244. The highest BCUT2D eigenvalue weighted by molar-refractivity contribution is 5.85. The van der Waals surface area contributed by atoms with E-state index in [1.165, 1.54) is 49.7 Å². The summed E-state index contributed by atoms with van der Waals surface area (Å²) in [6, 6.07) is 42.8. The predicted molar refractivity (Wildman–Crippen MR) is 194 cm³/mol. The summed E-state index contributed by atoms with van der Waals surface area (Å²) in [7, 11) is 0. The molecule has 0 heterocycles. The molecule has 1 unspecified atom stereocenters. The van der Waals surface area contributed by atoms with Crippen LogP contribution in [-0.4, -0.2) is 0 Å². The van der Waals surface area contributed by atoms with E-state index in [0.29, 0.717) is 5.92 Å². The number of aryl methyl sites for hydroxylation is 4. The molecule has 1 atom stereocenters. The first kappa shape index (κ1) is 35.0. The Labute approximate surface area is 262 Å². The Kier molecular flexibility index (Phi) is 16.2. The van der Waals surface area contributed by atoms with Gasteiger partial charge < -0.3 is 0 Å². The van der Waals surface area contributed by atoms with E-state index < -0.39 is 0 Å². The second-order valence-electron chi connectivity index (χ2n) is 10.5. The standard InChI is InChI=1S/C21H22.C11H10.C7H8.2C2H6/c1-16-3-7-18(8-4-16)15-19-9-13-21(14-10-19)20-11-5-17(2)6-12-20;1-9-5-4-7-10-6-2-3-8-11(9)10;1-7-5-3-2-4-6-7;2*1-2/h3-9,11-14,19H,10,15H2,1-2H3;2-8H,1H3;2-6H,1H3;2*1-2H3. The molecule has 0 heteroatoms. The number of fused-ring (bicyclic) bond motifs is 1. The molecule has 0 N–H and O–H groups in total. The van der Waals surface area contributed by atoms with Crippen LogP contribution >= 0.6 is 0 Å². The van der Waals surface area contributed by atoms with E-state index in [1.54, 1.807) is 0 Å². The molecule has 0 radical (unpaired) electrons. The Morgan fingerprint density at radius 3 is 1.60 bits per heavy atom. The summed E-state index contributed by atoms with van der Waals surface area (Å²) in [5.41, 5.74) is 9.43. The zero-order valence-electron chi connectivity index (χ0n) is 27.8. The summed E-state index contributed by atoms with van der Waals surface area (Å²) in [6.07, 6.45) is 9.30. The number of rotatable bonds is 3. The van der Waals surface area contributed by atoms with E-state index in [1.807, 2.05) is 45.9 Å². The van der Waals surface area contributed by atoms with Crippen LogP contribution in [0.15, 0.2) is 140 Å². The predicted octanol–water partition coefficient (Wildman–Crippen LogP) is 12.7. The SMILES string of the molecule is CC.CC.Cc1ccc(CC2C=CC(c3ccc(C)cc3)=CC2)cc1.Cc1cccc2ccccc12.Cc1ccccc1. The third-order valence-electron chi connectivity index (χ3n) is 7.14. The van der Waals surface area contributed by atoms with Gasteiger partial charge in [-0.25, -0.2) is 0 Å². The second-order valence-corrected chi connectivity index (χ2v) is 10.5. The minimum absolute atomic E-state index is 0.627. The van der Waals surface area contributed by atoms with Crippen molar-refractivity contribution in [1.29, 1.82) is 0 Å². The van der Waals surface area contributed by atoms with Crippen LogP contribution in [0.4, 0.5) is 0 Å². The summed E-state index contributed by atoms with van der Waals surface area (Å²) in [5, 5.41) is 2.68. The summed E-state index contributed by atoms with van der Waals surface area (Å²) < 4.78 is 0. The van der Waals surface area contributed by atoms with Crippen LogP contribution < -0.4 is 0 Å². The zero-order valence-corrected chi connectivity index (χ0v) is 27.8. The van der Waals surface area contributed by atoms with E-state index in [-0.39, 0.29) is 0 Å². The zero-order chi connectivity index (χ0) is 31.5. The quantitative estimate of drug-likeness (QED) is 0.203. The van der Waals surface area contributed by atoms with Crippen LogP contribution in [-0.2, 0) is 6.42 Å². The lowest BCUT2D eigenvalue weighted by atomic mass is 9.88. The minimum Gasteiger partial charge on any atom is -0.0802 e. The van der Waals surface area contributed by atoms with Crippen LogP contribution in [0.1, 0.15) is 67.5 Å². The van der Waals surface area contributed by atoms with E-state index >= 15 is 0 Å². The maximum Gasteiger partial charge on any atom is -0.0155 e. The van der Waals surface area contributed by atoms with Crippen LogP contribution in [0.25, 0.3) is 16.3 Å². The van der Waals surface area contributed by atoms with Crippen LogP contribution in [0.5, 0.6) is 0 Å². The third kappa shape index (κ3) is 12.3. The molecule has 1 aliphatic rings. The molecule has 0 bridgehead atoms. The summed E-state index contributed by atoms with van der Waals surface area (Å²) >= 11 is 0. The first-order valence-electron chi connectivity index (χ1n) is 15.9. The van der Waals surface area contributed by atoms with E-state index in [0.717, 1.165) is 12.8 Å². The molecule has 5 aromatic rings. The van der Waals surface area contributed by atoms with Crippen LogP contribution in [0.2, 0.25) is 0 Å². The third-order valence-corrected chi connectivity index (χ3v) is 7.14. The van der Waals surface area contributed by atoms with Crippen LogP contribution in [0.3, 0.4) is 0 Å². The van der Waals surface area contributed by atoms with Crippen molar-refractivity contribution in [2.45, 2.75) is 68.2 Å².